The van der Waals surface area contributed by atoms with Crippen LogP contribution in [0.25, 0.3) is 5.69 Å². The molecule has 2 heterocycles. The number of hydrogen-bond donors (Lipinski definition) is 1. The lowest BCUT2D eigenvalue weighted by atomic mass is 10.1. The Hall–Kier alpha value is -1.37. The fraction of sp³-hybridized carbons (Fsp3) is 0.375. The summed E-state index contributed by atoms with van der Waals surface area (Å²) in [7, 11) is 1.95. The predicted octanol–water partition coefficient (Wildman–Crippen LogP) is 2.74. The van der Waals surface area contributed by atoms with Crippen molar-refractivity contribution in [2.45, 2.75) is 6.42 Å². The molecule has 0 aliphatic carbocycles. The smallest absolute Gasteiger partial charge is 0.257 e. The minimum Gasteiger partial charge on any atom is -0.338 e. The summed E-state index contributed by atoms with van der Waals surface area (Å²) >= 11 is 3.41. The van der Waals surface area contributed by atoms with E-state index in [4.69, 9.17) is 0 Å². The third-order valence-corrected chi connectivity index (χ3v) is 4.52. The SMILES string of the molecule is CNCC1CCN(C(=O)c2cnn(-c3ccc(Br)cc3)c2)C1.Cl. The number of benzene rings is 1. The average Bonchev–Trinajstić information content (AvgIpc) is 3.17. The van der Waals surface area contributed by atoms with E-state index in [2.05, 4.69) is 26.3 Å². The lowest BCUT2D eigenvalue weighted by Gasteiger charge is -2.15. The maximum absolute atomic E-state index is 12.5. The van der Waals surface area contributed by atoms with Gasteiger partial charge in [-0.25, -0.2) is 4.68 Å². The molecule has 5 nitrogen and oxygen atoms in total. The molecule has 1 atom stereocenters. The van der Waals surface area contributed by atoms with Gasteiger partial charge in [0.2, 0.25) is 0 Å². The standard InChI is InChI=1S/C16H19BrN4O.ClH/c1-18-8-12-6-7-20(10-12)16(22)13-9-19-21(11-13)15-4-2-14(17)3-5-15;/h2-5,9,11-12,18H,6-8,10H2,1H3;1H. The van der Waals surface area contributed by atoms with Gasteiger partial charge in [-0.3, -0.25) is 4.79 Å². The highest BCUT2D eigenvalue weighted by Gasteiger charge is 2.27. The minimum absolute atomic E-state index is 0. The van der Waals surface area contributed by atoms with E-state index >= 15 is 0 Å². The summed E-state index contributed by atoms with van der Waals surface area (Å²) in [5.74, 6) is 0.623. The van der Waals surface area contributed by atoms with E-state index in [-0.39, 0.29) is 18.3 Å². The third-order valence-electron chi connectivity index (χ3n) is 3.99. The number of carbonyl (C=O) groups excluding carboxylic acids is 1. The van der Waals surface area contributed by atoms with Crippen LogP contribution < -0.4 is 5.32 Å². The van der Waals surface area contributed by atoms with E-state index in [9.17, 15) is 4.79 Å². The van der Waals surface area contributed by atoms with Gasteiger partial charge in [0, 0.05) is 23.8 Å². The summed E-state index contributed by atoms with van der Waals surface area (Å²) in [6.45, 7) is 2.61. The van der Waals surface area contributed by atoms with Crippen molar-refractivity contribution >= 4 is 34.2 Å². The number of nitrogens with zero attached hydrogens (tertiary/aromatic N) is 3. The highest BCUT2D eigenvalue weighted by atomic mass is 79.9. The molecule has 1 N–H and O–H groups in total. The molecule has 2 aromatic rings. The molecule has 7 heteroatoms. The second-order valence-electron chi connectivity index (χ2n) is 5.61. The molecule has 124 valence electrons. The molecular formula is C16H20BrClN4O. The maximum atomic E-state index is 12.5. The zero-order valence-corrected chi connectivity index (χ0v) is 15.3. The van der Waals surface area contributed by atoms with Crippen LogP contribution in [0.15, 0.2) is 41.1 Å². The number of halogens is 2. The molecule has 3 rings (SSSR count). The summed E-state index contributed by atoms with van der Waals surface area (Å²) in [6.07, 6.45) is 4.51. The van der Waals surface area contributed by atoms with Crippen LogP contribution in [0, 0.1) is 5.92 Å². The molecule has 1 aromatic heterocycles. The Morgan fingerprint density at radius 2 is 2.13 bits per heavy atom. The van der Waals surface area contributed by atoms with Gasteiger partial charge in [-0.05, 0) is 50.2 Å². The summed E-state index contributed by atoms with van der Waals surface area (Å²) in [6, 6.07) is 7.84. The fourth-order valence-corrected chi connectivity index (χ4v) is 3.09. The minimum atomic E-state index is 0. The Balaban J connectivity index is 0.00000192. The maximum Gasteiger partial charge on any atom is 0.257 e. The van der Waals surface area contributed by atoms with E-state index in [1.165, 1.54) is 0 Å². The molecule has 0 saturated carbocycles. The van der Waals surface area contributed by atoms with E-state index < -0.39 is 0 Å². The largest absolute Gasteiger partial charge is 0.338 e. The molecular weight excluding hydrogens is 380 g/mol. The zero-order chi connectivity index (χ0) is 15.5. The fourth-order valence-electron chi connectivity index (χ4n) is 2.82. The first-order valence-corrected chi connectivity index (χ1v) is 8.21. The van der Waals surface area contributed by atoms with Gasteiger partial charge in [0.1, 0.15) is 0 Å². The van der Waals surface area contributed by atoms with Crippen molar-refractivity contribution in [2.24, 2.45) is 5.92 Å². The number of hydrogen-bond acceptors (Lipinski definition) is 3. The molecule has 0 bridgehead atoms. The second-order valence-corrected chi connectivity index (χ2v) is 6.53. The van der Waals surface area contributed by atoms with Crippen LogP contribution in [0.5, 0.6) is 0 Å². The Morgan fingerprint density at radius 1 is 1.39 bits per heavy atom. The first-order chi connectivity index (χ1) is 10.7. The number of rotatable bonds is 4. The van der Waals surface area contributed by atoms with Crippen molar-refractivity contribution < 1.29 is 4.79 Å². The lowest BCUT2D eigenvalue weighted by molar-refractivity contribution is 0.0787. The van der Waals surface area contributed by atoms with Gasteiger partial charge in [-0.1, -0.05) is 15.9 Å². The van der Waals surface area contributed by atoms with Gasteiger partial charge in [-0.2, -0.15) is 5.10 Å². The second kappa shape index (κ2) is 7.95. The number of amides is 1. The monoisotopic (exact) mass is 398 g/mol. The highest BCUT2D eigenvalue weighted by Crippen LogP contribution is 2.19. The molecule has 1 aromatic carbocycles. The first-order valence-electron chi connectivity index (χ1n) is 7.42. The van der Waals surface area contributed by atoms with Gasteiger partial charge < -0.3 is 10.2 Å². The lowest BCUT2D eigenvalue weighted by Crippen LogP contribution is -2.30. The quantitative estimate of drug-likeness (QED) is 0.860. The molecule has 1 fully saturated rings. The van der Waals surface area contributed by atoms with Crippen LogP contribution >= 0.6 is 28.3 Å². The Labute approximate surface area is 150 Å². The molecule has 23 heavy (non-hydrogen) atoms. The van der Waals surface area contributed by atoms with Gasteiger partial charge >= 0.3 is 0 Å². The van der Waals surface area contributed by atoms with Crippen LogP contribution in [-0.2, 0) is 0 Å². The summed E-state index contributed by atoms with van der Waals surface area (Å²) < 4.78 is 2.76. The van der Waals surface area contributed by atoms with E-state index in [1.807, 2.05) is 36.2 Å². The molecule has 1 unspecified atom stereocenters. The van der Waals surface area contributed by atoms with Crippen molar-refractivity contribution in [1.29, 1.82) is 0 Å². The predicted molar refractivity (Wildman–Crippen MR) is 96.4 cm³/mol. The Bertz CT molecular complexity index is 658. The zero-order valence-electron chi connectivity index (χ0n) is 12.9. The normalized spacial score (nSPS) is 17.1. The van der Waals surface area contributed by atoms with E-state index in [1.54, 1.807) is 17.1 Å². The third kappa shape index (κ3) is 4.13. The summed E-state index contributed by atoms with van der Waals surface area (Å²) in [5, 5.41) is 7.49. The molecule has 1 aliphatic heterocycles. The van der Waals surface area contributed by atoms with Crippen molar-refractivity contribution in [3.63, 3.8) is 0 Å². The van der Waals surface area contributed by atoms with Crippen molar-refractivity contribution in [3.05, 3.63) is 46.7 Å². The van der Waals surface area contributed by atoms with Gasteiger partial charge in [0.15, 0.2) is 0 Å². The summed E-state index contributed by atoms with van der Waals surface area (Å²) in [5.41, 5.74) is 1.59. The van der Waals surface area contributed by atoms with Crippen molar-refractivity contribution in [3.8, 4) is 5.69 Å². The summed E-state index contributed by atoms with van der Waals surface area (Å²) in [4.78, 5) is 14.5. The average molecular weight is 400 g/mol. The Morgan fingerprint density at radius 3 is 2.83 bits per heavy atom. The molecule has 1 saturated heterocycles. The molecule has 0 radical (unpaired) electrons. The van der Waals surface area contributed by atoms with E-state index in [0.717, 1.165) is 36.2 Å². The molecule has 1 amide bonds. The van der Waals surface area contributed by atoms with Crippen LogP contribution in [0.2, 0.25) is 0 Å². The topological polar surface area (TPSA) is 50.2 Å². The number of aromatic nitrogens is 2. The van der Waals surface area contributed by atoms with E-state index in [0.29, 0.717) is 11.5 Å². The van der Waals surface area contributed by atoms with Crippen molar-refractivity contribution in [1.82, 2.24) is 20.0 Å². The number of nitrogens with one attached hydrogen (secondary N) is 1. The Kier molecular flexibility index (Phi) is 6.21. The van der Waals surface area contributed by atoms with Crippen LogP contribution in [0.3, 0.4) is 0 Å². The number of likely N-dealkylation sites (tertiary alicyclic amines) is 1. The highest BCUT2D eigenvalue weighted by molar-refractivity contribution is 9.10. The van der Waals surface area contributed by atoms with Crippen LogP contribution in [0.4, 0.5) is 0 Å². The van der Waals surface area contributed by atoms with Crippen LogP contribution in [0.1, 0.15) is 16.8 Å². The molecule has 0 spiro atoms. The molecule has 1 aliphatic rings. The van der Waals surface area contributed by atoms with Gasteiger partial charge in [0.25, 0.3) is 5.91 Å². The van der Waals surface area contributed by atoms with Gasteiger partial charge in [0.05, 0.1) is 17.4 Å². The first kappa shape index (κ1) is 18.0. The van der Waals surface area contributed by atoms with Gasteiger partial charge in [-0.15, -0.1) is 12.4 Å². The van der Waals surface area contributed by atoms with Crippen LogP contribution in [-0.4, -0.2) is 47.3 Å². The number of carbonyl (C=O) groups is 1. The van der Waals surface area contributed by atoms with Crippen molar-refractivity contribution in [2.75, 3.05) is 26.7 Å².